The molecule has 7 heteroatoms. The largest absolute Gasteiger partial charge is 0.392 e. The van der Waals surface area contributed by atoms with Gasteiger partial charge in [0.1, 0.15) is 5.82 Å². The summed E-state index contributed by atoms with van der Waals surface area (Å²) in [5.74, 6) is 0.663. The van der Waals surface area contributed by atoms with Crippen LogP contribution in [0.4, 0.5) is 0 Å². The molecule has 0 amide bonds. The lowest BCUT2D eigenvalue weighted by molar-refractivity contribution is 0.280. The molecule has 1 aromatic heterocycles. The Hall–Kier alpha value is -1.70. The van der Waals surface area contributed by atoms with Gasteiger partial charge in [-0.1, -0.05) is 6.07 Å². The summed E-state index contributed by atoms with van der Waals surface area (Å²) in [5.41, 5.74) is 1.48. The zero-order valence-corrected chi connectivity index (χ0v) is 13.1. The van der Waals surface area contributed by atoms with Crippen molar-refractivity contribution in [3.63, 3.8) is 0 Å². The summed E-state index contributed by atoms with van der Waals surface area (Å²) in [4.78, 5) is 4.30. The number of benzene rings is 1. The number of rotatable bonds is 5. The molecule has 21 heavy (non-hydrogen) atoms. The zero-order valence-electron chi connectivity index (χ0n) is 12.3. The van der Waals surface area contributed by atoms with Gasteiger partial charge in [-0.15, -0.1) is 0 Å². The average Bonchev–Trinajstić information content (AvgIpc) is 2.84. The predicted molar refractivity (Wildman–Crippen MR) is 79.0 cm³/mol. The summed E-state index contributed by atoms with van der Waals surface area (Å²) < 4.78 is 28.1. The molecule has 0 saturated heterocycles. The number of sulfonamides is 1. The number of hydrogen-bond donors (Lipinski definition) is 1. The molecule has 2 aromatic rings. The van der Waals surface area contributed by atoms with Crippen LogP contribution < -0.4 is 0 Å². The van der Waals surface area contributed by atoms with Gasteiger partial charge in [0.15, 0.2) is 0 Å². The lowest BCUT2D eigenvalue weighted by atomic mass is 10.1. The Balaban J connectivity index is 2.31. The molecule has 1 N–H and O–H groups in total. The highest BCUT2D eigenvalue weighted by atomic mass is 32.2. The molecule has 114 valence electrons. The molecule has 6 nitrogen and oxygen atoms in total. The van der Waals surface area contributed by atoms with Crippen molar-refractivity contribution in [2.24, 2.45) is 7.05 Å². The van der Waals surface area contributed by atoms with Gasteiger partial charge in [0, 0.05) is 26.5 Å². The van der Waals surface area contributed by atoms with Crippen molar-refractivity contribution < 1.29 is 13.5 Å². The topological polar surface area (TPSA) is 75.4 Å². The van der Waals surface area contributed by atoms with Crippen LogP contribution in [-0.2, 0) is 30.2 Å². The van der Waals surface area contributed by atoms with Crippen molar-refractivity contribution in [2.75, 3.05) is 7.05 Å². The standard InChI is InChI=1S/C14H19N3O3S/c1-11-4-5-13(8-12(11)10-18)21(19,20)17(3)9-14-15-6-7-16(14)2/h4-8,18H,9-10H2,1-3H3. The molecular formula is C14H19N3O3S. The summed E-state index contributed by atoms with van der Waals surface area (Å²) in [6.07, 6.45) is 3.40. The van der Waals surface area contributed by atoms with Crippen LogP contribution in [0.25, 0.3) is 0 Å². The number of nitrogens with zero attached hydrogens (tertiary/aromatic N) is 3. The average molecular weight is 309 g/mol. The molecule has 0 aliphatic carbocycles. The number of aliphatic hydroxyl groups excluding tert-OH is 1. The first-order chi connectivity index (χ1) is 9.86. The predicted octanol–water partition coefficient (Wildman–Crippen LogP) is 1.04. The van der Waals surface area contributed by atoms with E-state index < -0.39 is 10.0 Å². The van der Waals surface area contributed by atoms with E-state index in [4.69, 9.17) is 0 Å². The van der Waals surface area contributed by atoms with Gasteiger partial charge < -0.3 is 9.67 Å². The van der Waals surface area contributed by atoms with Crippen LogP contribution in [0.5, 0.6) is 0 Å². The molecule has 0 atom stereocenters. The minimum Gasteiger partial charge on any atom is -0.392 e. The molecule has 0 fully saturated rings. The third-order valence-corrected chi connectivity index (χ3v) is 5.28. The Kier molecular flexibility index (Phi) is 4.46. The SMILES string of the molecule is Cc1ccc(S(=O)(=O)N(C)Cc2nccn2C)cc1CO. The molecule has 0 saturated carbocycles. The maximum atomic E-state index is 12.6. The van der Waals surface area contributed by atoms with E-state index in [1.807, 2.05) is 14.0 Å². The lowest BCUT2D eigenvalue weighted by Crippen LogP contribution is -2.27. The van der Waals surface area contributed by atoms with Crippen LogP contribution in [0.2, 0.25) is 0 Å². The maximum absolute atomic E-state index is 12.6. The van der Waals surface area contributed by atoms with Crippen LogP contribution >= 0.6 is 0 Å². The highest BCUT2D eigenvalue weighted by molar-refractivity contribution is 7.89. The third-order valence-electron chi connectivity index (χ3n) is 3.48. The van der Waals surface area contributed by atoms with Crippen LogP contribution in [0.15, 0.2) is 35.5 Å². The molecule has 1 aromatic carbocycles. The minimum absolute atomic E-state index is 0.175. The first-order valence-electron chi connectivity index (χ1n) is 6.49. The van der Waals surface area contributed by atoms with Crippen molar-refractivity contribution in [2.45, 2.75) is 25.0 Å². The number of hydrogen-bond acceptors (Lipinski definition) is 4. The molecule has 0 aliphatic heterocycles. The van der Waals surface area contributed by atoms with Gasteiger partial charge in [-0.05, 0) is 30.2 Å². The van der Waals surface area contributed by atoms with Crippen LogP contribution in [0, 0.1) is 6.92 Å². The first-order valence-corrected chi connectivity index (χ1v) is 7.93. The van der Waals surface area contributed by atoms with Crippen molar-refractivity contribution in [3.05, 3.63) is 47.5 Å². The third kappa shape index (κ3) is 3.15. The van der Waals surface area contributed by atoms with Gasteiger partial charge in [0.05, 0.1) is 18.0 Å². The van der Waals surface area contributed by atoms with E-state index in [-0.39, 0.29) is 18.0 Å². The van der Waals surface area contributed by atoms with Crippen molar-refractivity contribution in [1.82, 2.24) is 13.9 Å². The molecule has 0 spiro atoms. The summed E-state index contributed by atoms with van der Waals surface area (Å²) in [6.45, 7) is 1.84. The van der Waals surface area contributed by atoms with E-state index in [1.54, 1.807) is 29.1 Å². The van der Waals surface area contributed by atoms with Crippen molar-refractivity contribution in [3.8, 4) is 0 Å². The first kappa shape index (κ1) is 15.7. The maximum Gasteiger partial charge on any atom is 0.243 e. The quantitative estimate of drug-likeness (QED) is 0.895. The van der Waals surface area contributed by atoms with Crippen LogP contribution in [0.3, 0.4) is 0 Å². The van der Waals surface area contributed by atoms with Gasteiger partial charge in [0.25, 0.3) is 0 Å². The second-order valence-electron chi connectivity index (χ2n) is 4.96. The normalized spacial score (nSPS) is 12.0. The van der Waals surface area contributed by atoms with E-state index >= 15 is 0 Å². The molecule has 1 heterocycles. The highest BCUT2D eigenvalue weighted by Gasteiger charge is 2.22. The van der Waals surface area contributed by atoms with E-state index in [1.165, 1.54) is 17.4 Å². The second-order valence-corrected chi connectivity index (χ2v) is 7.01. The Morgan fingerprint density at radius 1 is 1.38 bits per heavy atom. The van der Waals surface area contributed by atoms with Crippen molar-refractivity contribution >= 4 is 10.0 Å². The summed E-state index contributed by atoms with van der Waals surface area (Å²) in [5, 5.41) is 9.27. The highest BCUT2D eigenvalue weighted by Crippen LogP contribution is 2.20. The molecular weight excluding hydrogens is 290 g/mol. The number of aromatic nitrogens is 2. The van der Waals surface area contributed by atoms with Crippen molar-refractivity contribution in [1.29, 1.82) is 0 Å². The van der Waals surface area contributed by atoms with Gasteiger partial charge in [-0.2, -0.15) is 4.31 Å². The fourth-order valence-corrected chi connectivity index (χ4v) is 3.17. The number of aryl methyl sites for hydroxylation is 2. The van der Waals surface area contributed by atoms with Crippen LogP contribution in [0.1, 0.15) is 17.0 Å². The minimum atomic E-state index is -3.61. The zero-order chi connectivity index (χ0) is 15.6. The van der Waals surface area contributed by atoms with Gasteiger partial charge in [-0.3, -0.25) is 0 Å². The molecule has 0 radical (unpaired) electrons. The molecule has 0 bridgehead atoms. The monoisotopic (exact) mass is 309 g/mol. The second kappa shape index (κ2) is 5.97. The fraction of sp³-hybridized carbons (Fsp3) is 0.357. The van der Waals surface area contributed by atoms with Gasteiger partial charge >= 0.3 is 0 Å². The summed E-state index contributed by atoms with van der Waals surface area (Å²) in [6, 6.07) is 4.77. The number of aliphatic hydroxyl groups is 1. The Labute approximate surface area is 124 Å². The Morgan fingerprint density at radius 2 is 2.10 bits per heavy atom. The van der Waals surface area contributed by atoms with E-state index in [9.17, 15) is 13.5 Å². The molecule has 0 unspecified atom stereocenters. The Morgan fingerprint density at radius 3 is 2.67 bits per heavy atom. The van der Waals surface area contributed by atoms with E-state index in [2.05, 4.69) is 4.98 Å². The molecule has 0 aliphatic rings. The van der Waals surface area contributed by atoms with Crippen LogP contribution in [-0.4, -0.2) is 34.4 Å². The molecule has 2 rings (SSSR count). The lowest BCUT2D eigenvalue weighted by Gasteiger charge is -2.17. The summed E-state index contributed by atoms with van der Waals surface area (Å²) in [7, 11) is -0.278. The van der Waals surface area contributed by atoms with Gasteiger partial charge in [0.2, 0.25) is 10.0 Å². The van der Waals surface area contributed by atoms with E-state index in [0.29, 0.717) is 11.4 Å². The number of imidazole rings is 1. The Bertz CT molecular complexity index is 738. The summed E-state index contributed by atoms with van der Waals surface area (Å²) >= 11 is 0. The van der Waals surface area contributed by atoms with Gasteiger partial charge in [-0.25, -0.2) is 13.4 Å². The smallest absolute Gasteiger partial charge is 0.243 e. The fourth-order valence-electron chi connectivity index (χ4n) is 1.99. The van der Waals surface area contributed by atoms with E-state index in [0.717, 1.165) is 5.56 Å².